The highest BCUT2D eigenvalue weighted by molar-refractivity contribution is 7.82. The molecule has 6 heteroatoms. The van der Waals surface area contributed by atoms with Gasteiger partial charge in [0.1, 0.15) is 17.1 Å². The fourth-order valence-electron chi connectivity index (χ4n) is 7.65. The normalized spacial score (nSPS) is 17.6. The SMILES string of the molecule is Cc1c(C)c2c(c(C)c1OS(=O)(=O)Oc1ccc3ccc4ccccc4c3c1)CC[C@@](C)(CCC[C@H](C)CCC[C@H](C)CCCC(C)C)O2. The van der Waals surface area contributed by atoms with E-state index in [0.29, 0.717) is 5.75 Å². The van der Waals surface area contributed by atoms with Gasteiger partial charge in [0, 0.05) is 11.1 Å². The molecule has 1 heterocycles. The third kappa shape index (κ3) is 9.31. The van der Waals surface area contributed by atoms with Crippen molar-refractivity contribution >= 4 is 31.9 Å². The van der Waals surface area contributed by atoms with Crippen LogP contribution in [0.4, 0.5) is 0 Å². The minimum absolute atomic E-state index is 0.217. The predicted molar refractivity (Wildman–Crippen MR) is 204 cm³/mol. The quantitative estimate of drug-likeness (QED) is 0.110. The van der Waals surface area contributed by atoms with Crippen LogP contribution in [0, 0.1) is 38.5 Å². The van der Waals surface area contributed by atoms with Crippen LogP contribution in [0.25, 0.3) is 21.5 Å². The Kier molecular flexibility index (Phi) is 11.9. The van der Waals surface area contributed by atoms with Gasteiger partial charge in [-0.25, -0.2) is 0 Å². The zero-order chi connectivity index (χ0) is 35.3. The molecular formula is C43H58O5S. The molecule has 0 saturated carbocycles. The first-order valence-corrected chi connectivity index (χ1v) is 20.0. The first kappa shape index (κ1) is 37.0. The lowest BCUT2D eigenvalue weighted by Crippen LogP contribution is -2.37. The van der Waals surface area contributed by atoms with Gasteiger partial charge in [-0.2, -0.15) is 0 Å². The Labute approximate surface area is 296 Å². The summed E-state index contributed by atoms with van der Waals surface area (Å²) in [5.41, 5.74) is 3.26. The Morgan fingerprint density at radius 3 is 2.04 bits per heavy atom. The van der Waals surface area contributed by atoms with Crippen LogP contribution >= 0.6 is 0 Å². The molecule has 0 saturated heterocycles. The monoisotopic (exact) mass is 686 g/mol. The highest BCUT2D eigenvalue weighted by Crippen LogP contribution is 2.45. The molecule has 0 aliphatic carbocycles. The van der Waals surface area contributed by atoms with Crippen molar-refractivity contribution in [2.45, 2.75) is 132 Å². The number of hydrogen-bond acceptors (Lipinski definition) is 5. The summed E-state index contributed by atoms with van der Waals surface area (Å²) < 4.78 is 44.7. The van der Waals surface area contributed by atoms with Gasteiger partial charge in [0.2, 0.25) is 0 Å². The summed E-state index contributed by atoms with van der Waals surface area (Å²) in [4.78, 5) is 0. The van der Waals surface area contributed by atoms with Crippen molar-refractivity contribution in [2.75, 3.05) is 0 Å². The van der Waals surface area contributed by atoms with Crippen LogP contribution in [-0.2, 0) is 16.8 Å². The van der Waals surface area contributed by atoms with E-state index in [1.807, 2.05) is 57.2 Å². The molecule has 0 N–H and O–H groups in total. The van der Waals surface area contributed by atoms with Crippen LogP contribution in [0.1, 0.15) is 121 Å². The van der Waals surface area contributed by atoms with E-state index in [2.05, 4.69) is 40.7 Å². The maximum atomic E-state index is 13.3. The van der Waals surface area contributed by atoms with Crippen molar-refractivity contribution in [3.63, 3.8) is 0 Å². The van der Waals surface area contributed by atoms with E-state index in [9.17, 15) is 8.42 Å². The Hall–Kier alpha value is -3.25. The lowest BCUT2D eigenvalue weighted by atomic mass is 9.84. The third-order valence-corrected chi connectivity index (χ3v) is 11.7. The summed E-state index contributed by atoms with van der Waals surface area (Å²) in [5, 5.41) is 4.05. The second kappa shape index (κ2) is 15.7. The number of rotatable bonds is 16. The summed E-state index contributed by atoms with van der Waals surface area (Å²) in [6, 6.07) is 17.4. The number of benzene rings is 4. The van der Waals surface area contributed by atoms with E-state index >= 15 is 0 Å². The molecule has 0 unspecified atom stereocenters. The first-order chi connectivity index (χ1) is 23.2. The van der Waals surface area contributed by atoms with Crippen molar-refractivity contribution in [3.05, 3.63) is 76.9 Å². The van der Waals surface area contributed by atoms with Gasteiger partial charge in [0.25, 0.3) is 0 Å². The fourth-order valence-corrected chi connectivity index (χ4v) is 8.48. The van der Waals surface area contributed by atoms with E-state index in [1.165, 1.54) is 44.9 Å². The molecule has 49 heavy (non-hydrogen) atoms. The molecule has 5 nitrogen and oxygen atoms in total. The molecule has 266 valence electrons. The molecule has 4 aromatic carbocycles. The van der Waals surface area contributed by atoms with Crippen LogP contribution in [-0.4, -0.2) is 14.0 Å². The van der Waals surface area contributed by atoms with Gasteiger partial charge in [-0.1, -0.05) is 115 Å². The van der Waals surface area contributed by atoms with Crippen molar-refractivity contribution in [1.82, 2.24) is 0 Å². The fraction of sp³-hybridized carbons (Fsp3) is 0.535. The minimum Gasteiger partial charge on any atom is -0.487 e. The highest BCUT2D eigenvalue weighted by atomic mass is 32.3. The highest BCUT2D eigenvalue weighted by Gasteiger charge is 2.35. The van der Waals surface area contributed by atoms with E-state index < -0.39 is 10.4 Å². The lowest BCUT2D eigenvalue weighted by molar-refractivity contribution is 0.0512. The molecule has 0 fully saturated rings. The summed E-state index contributed by atoms with van der Waals surface area (Å²) in [7, 11) is -4.40. The van der Waals surface area contributed by atoms with Gasteiger partial charge < -0.3 is 13.1 Å². The molecule has 0 bridgehead atoms. The Morgan fingerprint density at radius 1 is 0.735 bits per heavy atom. The maximum Gasteiger partial charge on any atom is 0.501 e. The second-order valence-corrected chi connectivity index (χ2v) is 16.8. The third-order valence-electron chi connectivity index (χ3n) is 10.9. The maximum absolute atomic E-state index is 13.3. The number of ether oxygens (including phenoxy) is 1. The van der Waals surface area contributed by atoms with Crippen LogP contribution < -0.4 is 13.1 Å². The molecule has 0 radical (unpaired) electrons. The van der Waals surface area contributed by atoms with Crippen molar-refractivity contribution in [1.29, 1.82) is 0 Å². The zero-order valence-electron chi connectivity index (χ0n) is 31.2. The Balaban J connectivity index is 1.19. The van der Waals surface area contributed by atoms with Crippen molar-refractivity contribution in [2.24, 2.45) is 17.8 Å². The Bertz CT molecular complexity index is 1860. The molecule has 3 atom stereocenters. The van der Waals surface area contributed by atoms with Crippen LogP contribution in [0.2, 0.25) is 0 Å². The summed E-state index contributed by atoms with van der Waals surface area (Å²) >= 11 is 0. The summed E-state index contributed by atoms with van der Waals surface area (Å²) in [6.07, 6.45) is 13.1. The molecule has 1 aliphatic heterocycles. The smallest absolute Gasteiger partial charge is 0.487 e. The van der Waals surface area contributed by atoms with Gasteiger partial charge in [-0.3, -0.25) is 0 Å². The topological polar surface area (TPSA) is 61.8 Å². The van der Waals surface area contributed by atoms with E-state index in [0.717, 1.165) is 93.0 Å². The minimum atomic E-state index is -4.40. The van der Waals surface area contributed by atoms with Crippen LogP contribution in [0.3, 0.4) is 0 Å². The van der Waals surface area contributed by atoms with Crippen molar-refractivity contribution in [3.8, 4) is 17.2 Å². The van der Waals surface area contributed by atoms with E-state index in [4.69, 9.17) is 13.1 Å². The van der Waals surface area contributed by atoms with Gasteiger partial charge in [0.05, 0.1) is 0 Å². The lowest BCUT2D eigenvalue weighted by Gasteiger charge is -2.38. The van der Waals surface area contributed by atoms with Gasteiger partial charge in [0.15, 0.2) is 5.75 Å². The van der Waals surface area contributed by atoms with Gasteiger partial charge in [-0.15, -0.1) is 8.42 Å². The van der Waals surface area contributed by atoms with Gasteiger partial charge in [-0.05, 0) is 116 Å². The van der Waals surface area contributed by atoms with Crippen LogP contribution in [0.5, 0.6) is 17.2 Å². The van der Waals surface area contributed by atoms with Crippen LogP contribution in [0.15, 0.2) is 54.6 Å². The predicted octanol–water partition coefficient (Wildman–Crippen LogP) is 12.1. The van der Waals surface area contributed by atoms with E-state index in [1.54, 1.807) is 12.1 Å². The second-order valence-electron chi connectivity index (χ2n) is 15.7. The largest absolute Gasteiger partial charge is 0.501 e. The summed E-state index contributed by atoms with van der Waals surface area (Å²) in [6.45, 7) is 17.5. The molecule has 0 aromatic heterocycles. The molecule has 4 aromatic rings. The summed E-state index contributed by atoms with van der Waals surface area (Å²) in [5.74, 6) is 3.81. The molecule has 5 rings (SSSR count). The van der Waals surface area contributed by atoms with E-state index in [-0.39, 0.29) is 11.4 Å². The number of fused-ring (bicyclic) bond motifs is 4. The molecular weight excluding hydrogens is 629 g/mol. The van der Waals surface area contributed by atoms with Gasteiger partial charge >= 0.3 is 10.4 Å². The average molecular weight is 687 g/mol. The standard InChI is InChI=1S/C43H58O5S/c1-29(2)14-11-15-30(3)16-12-17-31(4)18-13-26-43(8)27-25-38-34(7)41(32(5)33(6)42(38)46-43)48-49(44,45)47-37-24-23-36-22-21-35-19-9-10-20-39(35)40(36)28-37/h9-10,19-24,28-31H,11-18,25-27H2,1-8H3/t30-,31-,43-/m1/s1. The average Bonchev–Trinajstić information content (AvgIpc) is 3.05. The zero-order valence-corrected chi connectivity index (χ0v) is 32.0. The molecule has 0 spiro atoms. The molecule has 1 aliphatic rings. The molecule has 0 amide bonds. The first-order valence-electron chi connectivity index (χ1n) is 18.6. The number of hydrogen-bond donors (Lipinski definition) is 0. The Morgan fingerprint density at radius 2 is 1.35 bits per heavy atom. The van der Waals surface area contributed by atoms with Crippen molar-refractivity contribution < 1.29 is 21.5 Å².